The van der Waals surface area contributed by atoms with Gasteiger partial charge in [-0.15, -0.1) is 0 Å². The summed E-state index contributed by atoms with van der Waals surface area (Å²) in [5.74, 6) is -1.82. The number of anilines is 1. The molecule has 0 aliphatic carbocycles. The average molecular weight is 276 g/mol. The maximum atomic E-state index is 13.5. The van der Waals surface area contributed by atoms with Crippen molar-refractivity contribution in [2.75, 3.05) is 31.1 Å². The van der Waals surface area contributed by atoms with Crippen LogP contribution in [0.3, 0.4) is 0 Å². The van der Waals surface area contributed by atoms with E-state index in [0.29, 0.717) is 24.3 Å². The molecule has 0 bridgehead atoms. The highest BCUT2D eigenvalue weighted by Gasteiger charge is 2.41. The fourth-order valence-corrected chi connectivity index (χ4v) is 2.14. The number of halogens is 4. The van der Waals surface area contributed by atoms with Crippen molar-refractivity contribution in [3.05, 3.63) is 29.6 Å². The minimum absolute atomic E-state index is 0.0889. The van der Waals surface area contributed by atoms with Crippen molar-refractivity contribution in [3.8, 4) is 0 Å². The van der Waals surface area contributed by atoms with Gasteiger partial charge in [-0.2, -0.15) is 13.2 Å². The maximum Gasteiger partial charge on any atom is 0.394 e. The standard InChI is InChI=1S/C13H16F4N2/c1-9-2-3-11(6-12(9)14)19-5-4-18-7-10(8-19)13(15,16)17/h2-3,6,10,18H,4-5,7-8H2,1H3. The van der Waals surface area contributed by atoms with Gasteiger partial charge in [0.15, 0.2) is 0 Å². The number of rotatable bonds is 1. The normalized spacial score (nSPS) is 21.3. The van der Waals surface area contributed by atoms with Gasteiger partial charge in [-0.25, -0.2) is 4.39 Å². The maximum absolute atomic E-state index is 13.5. The summed E-state index contributed by atoms with van der Waals surface area (Å²) in [6.45, 7) is 2.30. The van der Waals surface area contributed by atoms with Gasteiger partial charge in [0.25, 0.3) is 0 Å². The van der Waals surface area contributed by atoms with Gasteiger partial charge < -0.3 is 10.2 Å². The van der Waals surface area contributed by atoms with Crippen LogP contribution in [0, 0.1) is 18.7 Å². The lowest BCUT2D eigenvalue weighted by Crippen LogP contribution is -2.38. The van der Waals surface area contributed by atoms with Crippen LogP contribution < -0.4 is 10.2 Å². The highest BCUT2D eigenvalue weighted by Crippen LogP contribution is 2.29. The van der Waals surface area contributed by atoms with Crippen molar-refractivity contribution in [1.82, 2.24) is 5.32 Å². The number of hydrogen-bond acceptors (Lipinski definition) is 2. The van der Waals surface area contributed by atoms with Crippen molar-refractivity contribution < 1.29 is 17.6 Å². The van der Waals surface area contributed by atoms with Crippen molar-refractivity contribution in [2.24, 2.45) is 5.92 Å². The Morgan fingerprint density at radius 1 is 1.32 bits per heavy atom. The van der Waals surface area contributed by atoms with Gasteiger partial charge in [-0.05, 0) is 24.6 Å². The Hall–Kier alpha value is -1.30. The highest BCUT2D eigenvalue weighted by molar-refractivity contribution is 5.48. The smallest absolute Gasteiger partial charge is 0.370 e. The monoisotopic (exact) mass is 276 g/mol. The molecule has 2 rings (SSSR count). The van der Waals surface area contributed by atoms with Crippen LogP contribution in [-0.4, -0.2) is 32.4 Å². The van der Waals surface area contributed by atoms with Gasteiger partial charge in [-0.1, -0.05) is 6.07 Å². The molecule has 1 aliphatic rings. The van der Waals surface area contributed by atoms with Gasteiger partial charge in [-0.3, -0.25) is 0 Å². The summed E-state index contributed by atoms with van der Waals surface area (Å²) < 4.78 is 51.9. The number of hydrogen-bond donors (Lipinski definition) is 1. The second-order valence-corrected chi connectivity index (χ2v) is 4.82. The second kappa shape index (κ2) is 5.36. The molecule has 1 heterocycles. The largest absolute Gasteiger partial charge is 0.394 e. The van der Waals surface area contributed by atoms with Crippen LogP contribution in [0.2, 0.25) is 0 Å². The zero-order valence-electron chi connectivity index (χ0n) is 10.6. The molecular weight excluding hydrogens is 260 g/mol. The second-order valence-electron chi connectivity index (χ2n) is 4.82. The summed E-state index contributed by atoms with van der Waals surface area (Å²) in [5.41, 5.74) is 0.991. The summed E-state index contributed by atoms with van der Waals surface area (Å²) in [6.07, 6.45) is -4.24. The minimum Gasteiger partial charge on any atom is -0.370 e. The summed E-state index contributed by atoms with van der Waals surface area (Å²) in [4.78, 5) is 1.58. The van der Waals surface area contributed by atoms with Gasteiger partial charge in [0.2, 0.25) is 0 Å². The Balaban J connectivity index is 2.20. The number of alkyl halides is 3. The van der Waals surface area contributed by atoms with Crippen LogP contribution in [-0.2, 0) is 0 Å². The zero-order chi connectivity index (χ0) is 14.0. The Kier molecular flexibility index (Phi) is 3.99. The molecule has 1 unspecified atom stereocenters. The fraction of sp³-hybridized carbons (Fsp3) is 0.538. The first-order valence-corrected chi connectivity index (χ1v) is 6.16. The third-order valence-corrected chi connectivity index (χ3v) is 3.37. The minimum atomic E-state index is -4.24. The molecule has 1 aromatic rings. The SMILES string of the molecule is Cc1ccc(N2CCNCC(C(F)(F)F)C2)cc1F. The number of nitrogens with one attached hydrogen (secondary N) is 1. The summed E-state index contributed by atoms with van der Waals surface area (Å²) in [7, 11) is 0. The number of aryl methyl sites for hydroxylation is 1. The molecule has 0 amide bonds. The molecule has 0 aromatic heterocycles. The van der Waals surface area contributed by atoms with E-state index >= 15 is 0 Å². The molecule has 1 N–H and O–H groups in total. The van der Waals surface area contributed by atoms with Crippen molar-refractivity contribution in [2.45, 2.75) is 13.1 Å². The number of nitrogens with zero attached hydrogens (tertiary/aromatic N) is 1. The van der Waals surface area contributed by atoms with Gasteiger partial charge in [0, 0.05) is 31.9 Å². The molecule has 106 valence electrons. The van der Waals surface area contributed by atoms with E-state index in [-0.39, 0.29) is 13.1 Å². The van der Waals surface area contributed by atoms with E-state index in [1.165, 1.54) is 6.07 Å². The lowest BCUT2D eigenvalue weighted by molar-refractivity contribution is -0.169. The molecule has 1 atom stereocenters. The molecule has 1 fully saturated rings. The molecule has 0 radical (unpaired) electrons. The van der Waals surface area contributed by atoms with Crippen LogP contribution in [0.4, 0.5) is 23.2 Å². The zero-order valence-corrected chi connectivity index (χ0v) is 10.6. The Bertz CT molecular complexity index is 445. The molecule has 0 spiro atoms. The Labute approximate surface area is 109 Å². The third-order valence-electron chi connectivity index (χ3n) is 3.37. The van der Waals surface area contributed by atoms with E-state index in [1.807, 2.05) is 0 Å². The molecule has 1 saturated heterocycles. The Morgan fingerprint density at radius 3 is 2.68 bits per heavy atom. The molecule has 6 heteroatoms. The van der Waals surface area contributed by atoms with E-state index in [2.05, 4.69) is 5.32 Å². The molecule has 19 heavy (non-hydrogen) atoms. The first-order chi connectivity index (χ1) is 8.88. The quantitative estimate of drug-likeness (QED) is 0.793. The van der Waals surface area contributed by atoms with E-state index in [9.17, 15) is 17.6 Å². The van der Waals surface area contributed by atoms with E-state index in [0.717, 1.165) is 0 Å². The lowest BCUT2D eigenvalue weighted by Gasteiger charge is -2.27. The van der Waals surface area contributed by atoms with Crippen LogP contribution in [0.5, 0.6) is 0 Å². The van der Waals surface area contributed by atoms with E-state index < -0.39 is 17.9 Å². The first kappa shape index (κ1) is 14.1. The molecule has 0 saturated carbocycles. The Morgan fingerprint density at radius 2 is 2.05 bits per heavy atom. The van der Waals surface area contributed by atoms with Crippen LogP contribution in [0.25, 0.3) is 0 Å². The highest BCUT2D eigenvalue weighted by atomic mass is 19.4. The van der Waals surface area contributed by atoms with E-state index in [4.69, 9.17) is 0 Å². The van der Waals surface area contributed by atoms with Crippen molar-refractivity contribution in [1.29, 1.82) is 0 Å². The first-order valence-electron chi connectivity index (χ1n) is 6.16. The molecule has 1 aromatic carbocycles. The lowest BCUT2D eigenvalue weighted by atomic mass is 10.1. The topological polar surface area (TPSA) is 15.3 Å². The molecule has 1 aliphatic heterocycles. The van der Waals surface area contributed by atoms with Gasteiger partial charge in [0.05, 0.1) is 5.92 Å². The predicted molar refractivity (Wildman–Crippen MR) is 65.8 cm³/mol. The fourth-order valence-electron chi connectivity index (χ4n) is 2.14. The van der Waals surface area contributed by atoms with Crippen molar-refractivity contribution >= 4 is 5.69 Å². The average Bonchev–Trinajstić information content (AvgIpc) is 2.58. The number of benzene rings is 1. The van der Waals surface area contributed by atoms with Crippen molar-refractivity contribution in [3.63, 3.8) is 0 Å². The molecular formula is C13H16F4N2. The third kappa shape index (κ3) is 3.37. The van der Waals surface area contributed by atoms with Crippen LogP contribution in [0.1, 0.15) is 5.56 Å². The van der Waals surface area contributed by atoms with Gasteiger partial charge in [0.1, 0.15) is 5.82 Å². The summed E-state index contributed by atoms with van der Waals surface area (Å²) in [6, 6.07) is 4.55. The summed E-state index contributed by atoms with van der Waals surface area (Å²) in [5, 5.41) is 2.77. The van der Waals surface area contributed by atoms with Gasteiger partial charge >= 0.3 is 6.18 Å². The predicted octanol–water partition coefficient (Wildman–Crippen LogP) is 2.72. The van der Waals surface area contributed by atoms with E-state index in [1.54, 1.807) is 24.0 Å². The molecule has 2 nitrogen and oxygen atoms in total. The van der Waals surface area contributed by atoms with Crippen LogP contribution >= 0.6 is 0 Å². The summed E-state index contributed by atoms with van der Waals surface area (Å²) >= 11 is 0. The van der Waals surface area contributed by atoms with Crippen LogP contribution in [0.15, 0.2) is 18.2 Å².